The molecule has 1 aromatic carbocycles. The van der Waals surface area contributed by atoms with E-state index >= 15 is 0 Å². The van der Waals surface area contributed by atoms with Gasteiger partial charge in [-0.15, -0.1) is 0 Å². The fraction of sp³-hybridized carbons (Fsp3) is 0.438. The molecule has 0 amide bonds. The van der Waals surface area contributed by atoms with Gasteiger partial charge < -0.3 is 14.4 Å². The summed E-state index contributed by atoms with van der Waals surface area (Å²) in [5, 5.41) is 0. The van der Waals surface area contributed by atoms with Crippen molar-refractivity contribution in [3.05, 3.63) is 29.5 Å². The van der Waals surface area contributed by atoms with Gasteiger partial charge >= 0.3 is 0 Å². The van der Waals surface area contributed by atoms with Crippen LogP contribution in [-0.4, -0.2) is 37.5 Å². The largest absolute Gasteiger partial charge is 0.497 e. The molecule has 0 fully saturated rings. The minimum atomic E-state index is 0.213. The van der Waals surface area contributed by atoms with Gasteiger partial charge in [0.05, 0.1) is 18.4 Å². The standard InChI is InChI=1S/C16H19NO3/c1-3-7-17-8-6-14(18)16-12-9-11(19-2)4-5-15(12)20-10-13(16)17/h4-5,9H,3,6-8,10H2,1-2H3. The van der Waals surface area contributed by atoms with Crippen LogP contribution >= 0.6 is 0 Å². The van der Waals surface area contributed by atoms with Crippen molar-refractivity contribution >= 4 is 11.4 Å². The smallest absolute Gasteiger partial charge is 0.167 e. The molecular formula is C16H19NO3. The number of Topliss-reactive ketones (excluding diaryl/α,β-unsaturated/α-hetero) is 1. The van der Waals surface area contributed by atoms with Gasteiger partial charge in [0.2, 0.25) is 0 Å². The Morgan fingerprint density at radius 3 is 3.00 bits per heavy atom. The fourth-order valence-electron chi connectivity index (χ4n) is 2.90. The second kappa shape index (κ2) is 5.19. The Morgan fingerprint density at radius 2 is 2.25 bits per heavy atom. The molecule has 0 saturated heterocycles. The molecule has 0 spiro atoms. The lowest BCUT2D eigenvalue weighted by molar-refractivity contribution is -0.114. The SMILES string of the molecule is CCCN1CCC(=O)C2=C1COc1ccc(OC)cc12. The Balaban J connectivity index is 2.11. The molecule has 3 rings (SSSR count). The van der Waals surface area contributed by atoms with Crippen molar-refractivity contribution in [2.24, 2.45) is 0 Å². The van der Waals surface area contributed by atoms with Crippen molar-refractivity contribution in [3.63, 3.8) is 0 Å². The molecule has 0 N–H and O–H groups in total. The average Bonchev–Trinajstić information content (AvgIpc) is 2.49. The Hall–Kier alpha value is -1.97. The van der Waals surface area contributed by atoms with Crippen LogP contribution in [0.1, 0.15) is 25.3 Å². The van der Waals surface area contributed by atoms with Crippen LogP contribution < -0.4 is 9.47 Å². The van der Waals surface area contributed by atoms with Gasteiger partial charge in [0.25, 0.3) is 0 Å². The van der Waals surface area contributed by atoms with E-state index in [0.29, 0.717) is 13.0 Å². The molecule has 20 heavy (non-hydrogen) atoms. The van der Waals surface area contributed by atoms with Crippen LogP contribution in [0.4, 0.5) is 0 Å². The first-order valence-corrected chi connectivity index (χ1v) is 7.07. The van der Waals surface area contributed by atoms with Crippen molar-refractivity contribution in [1.82, 2.24) is 4.90 Å². The van der Waals surface area contributed by atoms with Gasteiger partial charge in [-0.05, 0) is 24.6 Å². The first-order valence-electron chi connectivity index (χ1n) is 7.07. The molecule has 0 aromatic heterocycles. The van der Waals surface area contributed by atoms with Crippen LogP contribution in [0.3, 0.4) is 0 Å². The summed E-state index contributed by atoms with van der Waals surface area (Å²) >= 11 is 0. The van der Waals surface area contributed by atoms with Gasteiger partial charge in [-0.1, -0.05) is 6.92 Å². The third-order valence-corrected chi connectivity index (χ3v) is 3.87. The lowest BCUT2D eigenvalue weighted by Crippen LogP contribution is -2.37. The van der Waals surface area contributed by atoms with Crippen molar-refractivity contribution < 1.29 is 14.3 Å². The summed E-state index contributed by atoms with van der Waals surface area (Å²) in [6, 6.07) is 5.64. The van der Waals surface area contributed by atoms with E-state index in [2.05, 4.69) is 11.8 Å². The zero-order valence-corrected chi connectivity index (χ0v) is 11.9. The number of fused-ring (bicyclic) bond motifs is 2. The monoisotopic (exact) mass is 273 g/mol. The van der Waals surface area contributed by atoms with E-state index < -0.39 is 0 Å². The van der Waals surface area contributed by atoms with Crippen LogP contribution in [0.25, 0.3) is 5.57 Å². The average molecular weight is 273 g/mol. The fourth-order valence-corrected chi connectivity index (χ4v) is 2.90. The predicted octanol–water partition coefficient (Wildman–Crippen LogP) is 2.48. The molecular weight excluding hydrogens is 254 g/mol. The number of ether oxygens (including phenoxy) is 2. The van der Waals surface area contributed by atoms with E-state index in [-0.39, 0.29) is 5.78 Å². The maximum atomic E-state index is 12.4. The topological polar surface area (TPSA) is 38.8 Å². The highest BCUT2D eigenvalue weighted by atomic mass is 16.5. The molecule has 0 radical (unpaired) electrons. The molecule has 1 aromatic rings. The molecule has 0 saturated carbocycles. The number of methoxy groups -OCH3 is 1. The predicted molar refractivity (Wildman–Crippen MR) is 76.9 cm³/mol. The second-order valence-electron chi connectivity index (χ2n) is 5.13. The van der Waals surface area contributed by atoms with Crippen LogP contribution in [0, 0.1) is 0 Å². The molecule has 4 heteroatoms. The normalized spacial score (nSPS) is 17.5. The summed E-state index contributed by atoms with van der Waals surface area (Å²) in [5.41, 5.74) is 2.73. The van der Waals surface area contributed by atoms with E-state index in [1.54, 1.807) is 7.11 Å². The Kier molecular flexibility index (Phi) is 3.38. The number of carbonyl (C=O) groups is 1. The molecule has 0 atom stereocenters. The zero-order chi connectivity index (χ0) is 14.1. The number of nitrogens with zero attached hydrogens (tertiary/aromatic N) is 1. The molecule has 106 valence electrons. The highest BCUT2D eigenvalue weighted by molar-refractivity contribution is 6.23. The molecule has 2 aliphatic rings. The highest BCUT2D eigenvalue weighted by Gasteiger charge is 2.32. The van der Waals surface area contributed by atoms with Crippen LogP contribution in [-0.2, 0) is 4.79 Å². The first kappa shape index (κ1) is 13.0. The second-order valence-corrected chi connectivity index (χ2v) is 5.13. The number of hydrogen-bond donors (Lipinski definition) is 0. The van der Waals surface area contributed by atoms with E-state index in [1.807, 2.05) is 18.2 Å². The lowest BCUT2D eigenvalue weighted by Gasteiger charge is -2.36. The van der Waals surface area contributed by atoms with Gasteiger partial charge in [0.15, 0.2) is 5.78 Å². The van der Waals surface area contributed by atoms with Gasteiger partial charge in [-0.3, -0.25) is 4.79 Å². The van der Waals surface area contributed by atoms with E-state index in [9.17, 15) is 4.79 Å². The summed E-state index contributed by atoms with van der Waals surface area (Å²) in [4.78, 5) is 14.6. The van der Waals surface area contributed by atoms with Crippen molar-refractivity contribution in [3.8, 4) is 11.5 Å². The van der Waals surface area contributed by atoms with Crippen LogP contribution in [0.15, 0.2) is 23.9 Å². The number of carbonyl (C=O) groups excluding carboxylic acids is 1. The third kappa shape index (κ3) is 2.05. The van der Waals surface area contributed by atoms with E-state index in [0.717, 1.165) is 47.8 Å². The summed E-state index contributed by atoms with van der Waals surface area (Å²) < 4.78 is 11.1. The molecule has 0 aliphatic carbocycles. The molecule has 0 bridgehead atoms. The summed E-state index contributed by atoms with van der Waals surface area (Å²) in [7, 11) is 1.63. The van der Waals surface area contributed by atoms with Crippen molar-refractivity contribution in [1.29, 1.82) is 0 Å². The summed E-state index contributed by atoms with van der Waals surface area (Å²) in [6.45, 7) is 4.40. The van der Waals surface area contributed by atoms with Crippen LogP contribution in [0.5, 0.6) is 11.5 Å². The Morgan fingerprint density at radius 1 is 1.40 bits per heavy atom. The number of rotatable bonds is 3. The summed E-state index contributed by atoms with van der Waals surface area (Å²) in [5.74, 6) is 1.74. The highest BCUT2D eigenvalue weighted by Crippen LogP contribution is 2.39. The number of hydrogen-bond acceptors (Lipinski definition) is 4. The molecule has 2 heterocycles. The molecule has 4 nitrogen and oxygen atoms in total. The third-order valence-electron chi connectivity index (χ3n) is 3.87. The molecule has 2 aliphatic heterocycles. The summed E-state index contributed by atoms with van der Waals surface area (Å²) in [6.07, 6.45) is 1.64. The van der Waals surface area contributed by atoms with Gasteiger partial charge in [-0.2, -0.15) is 0 Å². The van der Waals surface area contributed by atoms with Crippen LogP contribution in [0.2, 0.25) is 0 Å². The first-order chi connectivity index (χ1) is 9.74. The number of ketones is 1. The van der Waals surface area contributed by atoms with Gasteiger partial charge in [-0.25, -0.2) is 0 Å². The van der Waals surface area contributed by atoms with E-state index in [1.165, 1.54) is 0 Å². The quantitative estimate of drug-likeness (QED) is 0.848. The van der Waals surface area contributed by atoms with Crippen molar-refractivity contribution in [2.75, 3.05) is 26.8 Å². The van der Waals surface area contributed by atoms with Gasteiger partial charge in [0.1, 0.15) is 18.1 Å². The Bertz CT molecular complexity index is 577. The minimum absolute atomic E-state index is 0.213. The number of allylic oxidation sites excluding steroid dienone is 1. The lowest BCUT2D eigenvalue weighted by atomic mass is 9.91. The van der Waals surface area contributed by atoms with Gasteiger partial charge in [0, 0.05) is 25.1 Å². The maximum absolute atomic E-state index is 12.4. The van der Waals surface area contributed by atoms with E-state index in [4.69, 9.17) is 9.47 Å². The van der Waals surface area contributed by atoms with Crippen molar-refractivity contribution in [2.45, 2.75) is 19.8 Å². The minimum Gasteiger partial charge on any atom is -0.497 e. The maximum Gasteiger partial charge on any atom is 0.167 e. The molecule has 0 unspecified atom stereocenters. The number of benzene rings is 1. The zero-order valence-electron chi connectivity index (χ0n) is 11.9. The Labute approximate surface area is 119 Å².